The second-order valence-electron chi connectivity index (χ2n) is 4.39. The molecular formula is C12H21N3O. The van der Waals surface area contributed by atoms with Gasteiger partial charge in [0.15, 0.2) is 5.82 Å². The Hall–Kier alpha value is -1.45. The van der Waals surface area contributed by atoms with Crippen LogP contribution >= 0.6 is 0 Å². The van der Waals surface area contributed by atoms with Crippen LogP contribution < -0.4 is 15.8 Å². The molecule has 0 aliphatic rings. The van der Waals surface area contributed by atoms with Crippen molar-refractivity contribution in [3.63, 3.8) is 0 Å². The van der Waals surface area contributed by atoms with Gasteiger partial charge >= 0.3 is 0 Å². The third-order valence-electron chi connectivity index (χ3n) is 2.84. The molecule has 0 amide bonds. The van der Waals surface area contributed by atoms with E-state index in [-0.39, 0.29) is 0 Å². The quantitative estimate of drug-likeness (QED) is 0.804. The predicted molar refractivity (Wildman–Crippen MR) is 67.7 cm³/mol. The fraction of sp³-hybridized carbons (Fsp3) is 0.583. The Morgan fingerprint density at radius 3 is 2.62 bits per heavy atom. The van der Waals surface area contributed by atoms with E-state index < -0.39 is 0 Å². The lowest BCUT2D eigenvalue weighted by Crippen LogP contribution is -2.17. The van der Waals surface area contributed by atoms with Crippen molar-refractivity contribution in [1.82, 2.24) is 4.98 Å². The number of hydrogen-bond donors (Lipinski definition) is 2. The highest BCUT2D eigenvalue weighted by Crippen LogP contribution is 2.20. The molecule has 1 unspecified atom stereocenters. The molecule has 1 heterocycles. The first kappa shape index (κ1) is 12.6. The molecule has 4 nitrogen and oxygen atoms in total. The first-order valence-electron chi connectivity index (χ1n) is 5.59. The number of methoxy groups -OCH3 is 1. The van der Waals surface area contributed by atoms with Crippen molar-refractivity contribution in [3.05, 3.63) is 12.1 Å². The Balaban J connectivity index is 2.65. The molecule has 90 valence electrons. The van der Waals surface area contributed by atoms with Gasteiger partial charge in [0, 0.05) is 12.6 Å². The van der Waals surface area contributed by atoms with Gasteiger partial charge in [-0.25, -0.2) is 0 Å². The Morgan fingerprint density at radius 1 is 1.38 bits per heavy atom. The maximum Gasteiger partial charge on any atom is 0.215 e. The molecule has 0 spiro atoms. The monoisotopic (exact) mass is 223 g/mol. The van der Waals surface area contributed by atoms with Gasteiger partial charge in [0.25, 0.3) is 0 Å². The van der Waals surface area contributed by atoms with E-state index >= 15 is 0 Å². The number of aromatic nitrogens is 1. The van der Waals surface area contributed by atoms with Crippen molar-refractivity contribution in [3.8, 4) is 5.88 Å². The van der Waals surface area contributed by atoms with Gasteiger partial charge in [-0.2, -0.15) is 4.98 Å². The second kappa shape index (κ2) is 5.58. The number of nitrogen functional groups attached to an aromatic ring is 1. The summed E-state index contributed by atoms with van der Waals surface area (Å²) in [6.07, 6.45) is 0. The summed E-state index contributed by atoms with van der Waals surface area (Å²) >= 11 is 0. The largest absolute Gasteiger partial charge is 0.481 e. The van der Waals surface area contributed by atoms with Gasteiger partial charge in [0.05, 0.1) is 12.8 Å². The number of nitrogens with zero attached hydrogens (tertiary/aromatic N) is 1. The first-order chi connectivity index (χ1) is 7.54. The van der Waals surface area contributed by atoms with Crippen LogP contribution in [0.4, 0.5) is 11.5 Å². The summed E-state index contributed by atoms with van der Waals surface area (Å²) in [4.78, 5) is 4.26. The van der Waals surface area contributed by atoms with Gasteiger partial charge in [-0.15, -0.1) is 0 Å². The van der Waals surface area contributed by atoms with Crippen molar-refractivity contribution >= 4 is 11.5 Å². The van der Waals surface area contributed by atoms with E-state index in [0.717, 1.165) is 6.54 Å². The molecule has 0 saturated carbocycles. The highest BCUT2D eigenvalue weighted by molar-refractivity contribution is 5.61. The van der Waals surface area contributed by atoms with Crippen molar-refractivity contribution in [1.29, 1.82) is 0 Å². The van der Waals surface area contributed by atoms with Gasteiger partial charge < -0.3 is 15.8 Å². The number of nitrogens with two attached hydrogens (primary N) is 1. The third kappa shape index (κ3) is 3.29. The molecule has 0 aliphatic carbocycles. The molecular weight excluding hydrogens is 202 g/mol. The molecule has 1 atom stereocenters. The Morgan fingerprint density at radius 2 is 2.06 bits per heavy atom. The van der Waals surface area contributed by atoms with Gasteiger partial charge in [-0.05, 0) is 17.9 Å². The highest BCUT2D eigenvalue weighted by Gasteiger charge is 2.08. The molecule has 0 aliphatic heterocycles. The van der Waals surface area contributed by atoms with Gasteiger partial charge in [-0.1, -0.05) is 20.8 Å². The minimum absolute atomic E-state index is 0.576. The van der Waals surface area contributed by atoms with Crippen LogP contribution in [0.25, 0.3) is 0 Å². The summed E-state index contributed by atoms with van der Waals surface area (Å²) in [6, 6.07) is 3.56. The van der Waals surface area contributed by atoms with Gasteiger partial charge in [-0.3, -0.25) is 0 Å². The summed E-state index contributed by atoms with van der Waals surface area (Å²) < 4.78 is 5.06. The van der Waals surface area contributed by atoms with Crippen molar-refractivity contribution in [2.75, 3.05) is 24.7 Å². The highest BCUT2D eigenvalue weighted by atomic mass is 16.5. The Kier molecular flexibility index (Phi) is 4.40. The van der Waals surface area contributed by atoms with E-state index in [9.17, 15) is 0 Å². The van der Waals surface area contributed by atoms with Crippen LogP contribution in [0.1, 0.15) is 20.8 Å². The van der Waals surface area contributed by atoms with E-state index in [2.05, 4.69) is 31.1 Å². The van der Waals surface area contributed by atoms with Crippen molar-refractivity contribution in [2.45, 2.75) is 20.8 Å². The smallest absolute Gasteiger partial charge is 0.215 e. The van der Waals surface area contributed by atoms with E-state index in [1.807, 2.05) is 0 Å². The third-order valence-corrected chi connectivity index (χ3v) is 2.84. The summed E-state index contributed by atoms with van der Waals surface area (Å²) in [5, 5.41) is 3.25. The van der Waals surface area contributed by atoms with Crippen LogP contribution in [0, 0.1) is 11.8 Å². The molecule has 16 heavy (non-hydrogen) atoms. The molecule has 0 radical (unpaired) electrons. The van der Waals surface area contributed by atoms with Crippen LogP contribution in [0.2, 0.25) is 0 Å². The van der Waals surface area contributed by atoms with Gasteiger partial charge in [0.1, 0.15) is 0 Å². The van der Waals surface area contributed by atoms with Crippen LogP contribution in [0.3, 0.4) is 0 Å². The lowest BCUT2D eigenvalue weighted by atomic mass is 9.98. The molecule has 1 aromatic rings. The standard InChI is InChI=1S/C12H21N3O/c1-8(2)9(3)7-14-12-10(13)5-6-11(15-12)16-4/h5-6,8-9H,7,13H2,1-4H3,(H,14,15). The average Bonchev–Trinajstić information content (AvgIpc) is 2.27. The minimum Gasteiger partial charge on any atom is -0.481 e. The van der Waals surface area contributed by atoms with E-state index in [4.69, 9.17) is 10.5 Å². The molecule has 0 aromatic carbocycles. The van der Waals surface area contributed by atoms with Crippen LogP contribution in [-0.4, -0.2) is 18.6 Å². The summed E-state index contributed by atoms with van der Waals surface area (Å²) in [5.74, 6) is 2.49. The maximum atomic E-state index is 5.83. The zero-order valence-electron chi connectivity index (χ0n) is 10.4. The zero-order chi connectivity index (χ0) is 12.1. The molecule has 1 aromatic heterocycles. The number of hydrogen-bond acceptors (Lipinski definition) is 4. The van der Waals surface area contributed by atoms with Crippen molar-refractivity contribution < 1.29 is 4.74 Å². The van der Waals surface area contributed by atoms with Crippen LogP contribution in [-0.2, 0) is 0 Å². The molecule has 0 fully saturated rings. The molecule has 0 bridgehead atoms. The zero-order valence-corrected chi connectivity index (χ0v) is 10.4. The average molecular weight is 223 g/mol. The summed E-state index contributed by atoms with van der Waals surface area (Å²) in [7, 11) is 1.60. The minimum atomic E-state index is 0.576. The Bertz CT molecular complexity index is 339. The number of ether oxygens (including phenoxy) is 1. The number of rotatable bonds is 5. The van der Waals surface area contributed by atoms with E-state index in [1.165, 1.54) is 0 Å². The topological polar surface area (TPSA) is 60.2 Å². The predicted octanol–water partition coefficient (Wildman–Crippen LogP) is 2.38. The fourth-order valence-corrected chi connectivity index (χ4v) is 1.20. The van der Waals surface area contributed by atoms with Crippen LogP contribution in [0.15, 0.2) is 12.1 Å². The summed E-state index contributed by atoms with van der Waals surface area (Å²) in [5.41, 5.74) is 6.48. The maximum absolute atomic E-state index is 5.83. The lowest BCUT2D eigenvalue weighted by molar-refractivity contribution is 0.398. The van der Waals surface area contributed by atoms with Crippen molar-refractivity contribution in [2.24, 2.45) is 11.8 Å². The lowest BCUT2D eigenvalue weighted by Gasteiger charge is -2.17. The number of nitrogens with one attached hydrogen (secondary N) is 1. The molecule has 0 saturated heterocycles. The Labute approximate surface area is 97.2 Å². The fourth-order valence-electron chi connectivity index (χ4n) is 1.20. The molecule has 1 rings (SSSR count). The first-order valence-corrected chi connectivity index (χ1v) is 5.59. The second-order valence-corrected chi connectivity index (χ2v) is 4.39. The van der Waals surface area contributed by atoms with E-state index in [0.29, 0.717) is 29.2 Å². The normalized spacial score (nSPS) is 12.6. The van der Waals surface area contributed by atoms with Gasteiger partial charge in [0.2, 0.25) is 5.88 Å². The van der Waals surface area contributed by atoms with E-state index in [1.54, 1.807) is 19.2 Å². The number of pyridine rings is 1. The number of anilines is 2. The molecule has 3 N–H and O–H groups in total. The summed E-state index contributed by atoms with van der Waals surface area (Å²) in [6.45, 7) is 7.47. The van der Waals surface area contributed by atoms with Crippen LogP contribution in [0.5, 0.6) is 5.88 Å². The molecule has 4 heteroatoms. The SMILES string of the molecule is COc1ccc(N)c(NCC(C)C(C)C)n1.